The molecule has 18 heavy (non-hydrogen) atoms. The van der Waals surface area contributed by atoms with Crippen molar-refractivity contribution in [1.29, 1.82) is 0 Å². The highest BCUT2D eigenvalue weighted by molar-refractivity contribution is 7.91. The van der Waals surface area contributed by atoms with Crippen molar-refractivity contribution in [3.8, 4) is 0 Å². The number of nitrogens with one attached hydrogen (secondary N) is 1. The third-order valence-corrected chi connectivity index (χ3v) is 4.86. The second kappa shape index (κ2) is 6.85. The summed E-state index contributed by atoms with van der Waals surface area (Å²) in [6.45, 7) is 2.07. The minimum absolute atomic E-state index is 0.108. The third-order valence-electron chi connectivity index (χ3n) is 3.04. The van der Waals surface area contributed by atoms with Crippen LogP contribution >= 0.6 is 0 Å². The number of halogens is 1. The minimum Gasteiger partial charge on any atom is -0.317 e. The Morgan fingerprint density at radius 3 is 2.39 bits per heavy atom. The average Bonchev–Trinajstić information content (AvgIpc) is 2.35. The van der Waals surface area contributed by atoms with E-state index in [0.29, 0.717) is 12.5 Å². The number of hydrogen-bond donors (Lipinski definition) is 1. The van der Waals surface area contributed by atoms with Gasteiger partial charge in [-0.15, -0.1) is 0 Å². The number of sulfone groups is 1. The van der Waals surface area contributed by atoms with Gasteiger partial charge in [0.05, 0.1) is 10.6 Å². The summed E-state index contributed by atoms with van der Waals surface area (Å²) in [5, 5.41) is 3.14. The van der Waals surface area contributed by atoms with E-state index in [4.69, 9.17) is 0 Å². The van der Waals surface area contributed by atoms with Crippen LogP contribution in [0.4, 0.5) is 4.39 Å². The first kappa shape index (κ1) is 15.1. The summed E-state index contributed by atoms with van der Waals surface area (Å²) in [6.07, 6.45) is 2.42. The second-order valence-electron chi connectivity index (χ2n) is 4.31. The number of hydrogen-bond acceptors (Lipinski definition) is 3. The minimum atomic E-state index is -3.28. The van der Waals surface area contributed by atoms with Crippen molar-refractivity contribution in [2.24, 2.45) is 0 Å². The Kier molecular flexibility index (Phi) is 5.75. The number of rotatable bonds is 7. The van der Waals surface area contributed by atoms with E-state index in [-0.39, 0.29) is 10.6 Å². The van der Waals surface area contributed by atoms with E-state index < -0.39 is 15.7 Å². The predicted molar refractivity (Wildman–Crippen MR) is 70.8 cm³/mol. The van der Waals surface area contributed by atoms with Crippen molar-refractivity contribution >= 4 is 9.84 Å². The van der Waals surface area contributed by atoms with Gasteiger partial charge in [0, 0.05) is 6.04 Å². The molecule has 0 amide bonds. The molecule has 0 aliphatic rings. The molecule has 5 heteroatoms. The molecular weight excluding hydrogens is 253 g/mol. The van der Waals surface area contributed by atoms with Crippen LogP contribution in [0.25, 0.3) is 0 Å². The molecule has 1 unspecified atom stereocenters. The van der Waals surface area contributed by atoms with Crippen molar-refractivity contribution < 1.29 is 12.8 Å². The van der Waals surface area contributed by atoms with Crippen LogP contribution in [0.5, 0.6) is 0 Å². The fourth-order valence-electron chi connectivity index (χ4n) is 1.83. The van der Waals surface area contributed by atoms with Gasteiger partial charge >= 0.3 is 0 Å². The fourth-order valence-corrected chi connectivity index (χ4v) is 3.17. The van der Waals surface area contributed by atoms with Crippen LogP contribution in [0.2, 0.25) is 0 Å². The molecule has 0 radical (unpaired) electrons. The Morgan fingerprint density at radius 1 is 1.28 bits per heavy atom. The van der Waals surface area contributed by atoms with E-state index in [1.807, 2.05) is 7.05 Å². The number of benzene rings is 1. The van der Waals surface area contributed by atoms with Gasteiger partial charge in [0.2, 0.25) is 0 Å². The zero-order valence-electron chi connectivity index (χ0n) is 10.8. The van der Waals surface area contributed by atoms with E-state index in [1.54, 1.807) is 0 Å². The van der Waals surface area contributed by atoms with Crippen LogP contribution in [-0.4, -0.2) is 27.3 Å². The maximum Gasteiger partial charge on any atom is 0.178 e. The lowest BCUT2D eigenvalue weighted by Crippen LogP contribution is -2.24. The van der Waals surface area contributed by atoms with Crippen LogP contribution in [0, 0.1) is 5.82 Å². The van der Waals surface area contributed by atoms with E-state index in [2.05, 4.69) is 12.2 Å². The molecule has 0 heterocycles. The average molecular weight is 273 g/mol. The summed E-state index contributed by atoms with van der Waals surface area (Å²) < 4.78 is 36.6. The Hall–Kier alpha value is -0.940. The van der Waals surface area contributed by atoms with E-state index in [9.17, 15) is 12.8 Å². The van der Waals surface area contributed by atoms with Crippen molar-refractivity contribution in [3.63, 3.8) is 0 Å². The molecule has 102 valence electrons. The molecule has 0 aliphatic carbocycles. The lowest BCUT2D eigenvalue weighted by atomic mass is 10.1. The summed E-state index contributed by atoms with van der Waals surface area (Å²) in [6, 6.07) is 5.35. The van der Waals surface area contributed by atoms with Gasteiger partial charge < -0.3 is 5.32 Å². The summed E-state index contributed by atoms with van der Waals surface area (Å²) in [5.41, 5.74) is 0. The monoisotopic (exact) mass is 273 g/mol. The smallest absolute Gasteiger partial charge is 0.178 e. The lowest BCUT2D eigenvalue weighted by Gasteiger charge is -2.13. The SMILES string of the molecule is CCC(CCCS(=O)(=O)c1ccc(F)cc1)NC. The summed E-state index contributed by atoms with van der Waals surface area (Å²) in [7, 11) is -1.41. The summed E-state index contributed by atoms with van der Waals surface area (Å²) in [5.74, 6) is -0.313. The van der Waals surface area contributed by atoms with E-state index >= 15 is 0 Å². The summed E-state index contributed by atoms with van der Waals surface area (Å²) >= 11 is 0. The van der Waals surface area contributed by atoms with Gasteiger partial charge in [0.1, 0.15) is 5.82 Å². The van der Waals surface area contributed by atoms with Crippen molar-refractivity contribution in [2.45, 2.75) is 37.1 Å². The molecule has 0 saturated heterocycles. The maximum absolute atomic E-state index is 12.7. The quantitative estimate of drug-likeness (QED) is 0.776. The first-order valence-electron chi connectivity index (χ1n) is 6.15. The van der Waals surface area contributed by atoms with Crippen molar-refractivity contribution in [1.82, 2.24) is 5.32 Å². The molecule has 3 nitrogen and oxygen atoms in total. The molecule has 1 atom stereocenters. The van der Waals surface area contributed by atoms with Gasteiger partial charge in [-0.1, -0.05) is 6.92 Å². The molecule has 0 saturated carbocycles. The van der Waals surface area contributed by atoms with Gasteiger partial charge in [-0.05, 0) is 50.6 Å². The molecule has 0 bridgehead atoms. The molecule has 0 aromatic heterocycles. The molecule has 1 aromatic rings. The van der Waals surface area contributed by atoms with E-state index in [0.717, 1.165) is 12.8 Å². The summed E-state index contributed by atoms with van der Waals surface area (Å²) in [4.78, 5) is 0.196. The normalized spacial score (nSPS) is 13.5. The lowest BCUT2D eigenvalue weighted by molar-refractivity contribution is 0.500. The Morgan fingerprint density at radius 2 is 1.89 bits per heavy atom. The molecule has 1 aromatic carbocycles. The highest BCUT2D eigenvalue weighted by atomic mass is 32.2. The molecule has 0 spiro atoms. The van der Waals surface area contributed by atoms with Crippen LogP contribution in [-0.2, 0) is 9.84 Å². The molecule has 1 rings (SSSR count). The Bertz CT molecular complexity index is 452. The van der Waals surface area contributed by atoms with Crippen LogP contribution in [0.3, 0.4) is 0 Å². The van der Waals surface area contributed by atoms with E-state index in [1.165, 1.54) is 24.3 Å². The van der Waals surface area contributed by atoms with Crippen LogP contribution in [0.1, 0.15) is 26.2 Å². The van der Waals surface area contributed by atoms with Crippen LogP contribution < -0.4 is 5.32 Å². The first-order chi connectivity index (χ1) is 8.49. The molecular formula is C13H20FNO2S. The first-order valence-corrected chi connectivity index (χ1v) is 7.80. The van der Waals surface area contributed by atoms with Gasteiger partial charge in [-0.3, -0.25) is 0 Å². The zero-order valence-corrected chi connectivity index (χ0v) is 11.6. The van der Waals surface area contributed by atoms with Crippen molar-refractivity contribution in [3.05, 3.63) is 30.1 Å². The second-order valence-corrected chi connectivity index (χ2v) is 6.42. The molecule has 0 fully saturated rings. The molecule has 1 N–H and O–H groups in total. The zero-order chi connectivity index (χ0) is 13.6. The highest BCUT2D eigenvalue weighted by Gasteiger charge is 2.15. The van der Waals surface area contributed by atoms with Gasteiger partial charge in [-0.25, -0.2) is 12.8 Å². The predicted octanol–water partition coefficient (Wildman–Crippen LogP) is 2.38. The van der Waals surface area contributed by atoms with Gasteiger partial charge in [0.15, 0.2) is 9.84 Å². The third kappa shape index (κ3) is 4.38. The largest absolute Gasteiger partial charge is 0.317 e. The Labute approximate surface area is 108 Å². The highest BCUT2D eigenvalue weighted by Crippen LogP contribution is 2.14. The van der Waals surface area contributed by atoms with Crippen molar-refractivity contribution in [2.75, 3.05) is 12.8 Å². The molecule has 0 aliphatic heterocycles. The van der Waals surface area contributed by atoms with Gasteiger partial charge in [0.25, 0.3) is 0 Å². The maximum atomic E-state index is 12.7. The van der Waals surface area contributed by atoms with Crippen LogP contribution in [0.15, 0.2) is 29.2 Å². The standard InChI is InChI=1S/C13H20FNO2S/c1-3-12(15-2)5-4-10-18(16,17)13-8-6-11(14)7-9-13/h6-9,12,15H,3-5,10H2,1-2H3. The topological polar surface area (TPSA) is 46.2 Å². The Balaban J connectivity index is 2.57. The van der Waals surface area contributed by atoms with Gasteiger partial charge in [-0.2, -0.15) is 0 Å². The fraction of sp³-hybridized carbons (Fsp3) is 0.538.